The zero-order chi connectivity index (χ0) is 14.8. The third kappa shape index (κ3) is 3.64. The first-order valence-corrected chi connectivity index (χ1v) is 7.92. The van der Waals surface area contributed by atoms with Gasteiger partial charge in [0.2, 0.25) is 0 Å². The predicted octanol–water partition coefficient (Wildman–Crippen LogP) is 1.67. The van der Waals surface area contributed by atoms with Crippen molar-refractivity contribution in [3.05, 3.63) is 10.5 Å². The molecule has 110 valence electrons. The van der Waals surface area contributed by atoms with Crippen molar-refractivity contribution in [1.29, 1.82) is 5.26 Å². The van der Waals surface area contributed by atoms with Crippen molar-refractivity contribution in [2.45, 2.75) is 62.8 Å². The van der Waals surface area contributed by atoms with Gasteiger partial charge in [0.1, 0.15) is 5.54 Å². The van der Waals surface area contributed by atoms with Crippen LogP contribution in [0.2, 0.25) is 0 Å². The Bertz CT molecular complexity index is 554. The first-order chi connectivity index (χ1) is 9.45. The van der Waals surface area contributed by atoms with Gasteiger partial charge in [-0.1, -0.05) is 11.8 Å². The second-order valence-electron chi connectivity index (χ2n) is 5.75. The van der Waals surface area contributed by atoms with Gasteiger partial charge in [-0.25, -0.2) is 9.89 Å². The second-order valence-corrected chi connectivity index (χ2v) is 6.82. The summed E-state index contributed by atoms with van der Waals surface area (Å²) in [7, 11) is 0. The van der Waals surface area contributed by atoms with Crippen LogP contribution in [0, 0.1) is 11.3 Å². The largest absolute Gasteiger partial charge is 0.344 e. The summed E-state index contributed by atoms with van der Waals surface area (Å²) in [6, 6.07) is 2.91. The van der Waals surface area contributed by atoms with E-state index < -0.39 is 5.54 Å². The van der Waals surface area contributed by atoms with E-state index in [0.717, 1.165) is 23.8 Å². The van der Waals surface area contributed by atoms with Crippen molar-refractivity contribution in [2.24, 2.45) is 0 Å². The minimum absolute atomic E-state index is 0.127. The van der Waals surface area contributed by atoms with Gasteiger partial charge in [0.25, 0.3) is 0 Å². The number of aromatic nitrogens is 3. The topological polar surface area (TPSA) is 86.5 Å². The molecule has 0 aromatic carbocycles. The molecular formula is C13H21N5OS. The minimum Gasteiger partial charge on any atom is -0.297 e. The maximum atomic E-state index is 11.7. The first kappa shape index (κ1) is 15.1. The van der Waals surface area contributed by atoms with Gasteiger partial charge in [-0.2, -0.15) is 5.26 Å². The van der Waals surface area contributed by atoms with Crippen molar-refractivity contribution >= 4 is 11.8 Å². The number of nitriles is 1. The number of rotatable bonds is 7. The van der Waals surface area contributed by atoms with Crippen molar-refractivity contribution < 1.29 is 0 Å². The fraction of sp³-hybridized carbons (Fsp3) is 0.769. The molecule has 20 heavy (non-hydrogen) atoms. The molecular weight excluding hydrogens is 274 g/mol. The quantitative estimate of drug-likeness (QED) is 0.747. The van der Waals surface area contributed by atoms with E-state index in [1.807, 2.05) is 20.8 Å². The Kier molecular flexibility index (Phi) is 4.55. The fourth-order valence-electron chi connectivity index (χ4n) is 2.19. The highest BCUT2D eigenvalue weighted by molar-refractivity contribution is 7.99. The highest BCUT2D eigenvalue weighted by Gasteiger charge is 2.29. The van der Waals surface area contributed by atoms with Crippen LogP contribution in [0.1, 0.15) is 46.1 Å². The number of hydrogen-bond donors (Lipinski definition) is 2. The standard InChI is InChI=1S/C13H21N5OS/c1-9(2)15-13(3,8-14)6-7-20-12-17-16-11(19)18(12)10-4-5-10/h9-10,15H,4-7H2,1-3H3,(H,16,19). The van der Waals surface area contributed by atoms with Gasteiger partial charge >= 0.3 is 5.69 Å². The van der Waals surface area contributed by atoms with Gasteiger partial charge in [-0.15, -0.1) is 5.10 Å². The number of thioether (sulfide) groups is 1. The average Bonchev–Trinajstić information content (AvgIpc) is 3.14. The molecule has 1 aromatic rings. The van der Waals surface area contributed by atoms with E-state index >= 15 is 0 Å². The molecule has 1 saturated carbocycles. The molecule has 2 rings (SSSR count). The van der Waals surface area contributed by atoms with Crippen LogP contribution < -0.4 is 11.0 Å². The summed E-state index contributed by atoms with van der Waals surface area (Å²) in [5.74, 6) is 0.751. The number of nitrogens with one attached hydrogen (secondary N) is 2. The summed E-state index contributed by atoms with van der Waals surface area (Å²) in [6.45, 7) is 5.97. The number of hydrogen-bond acceptors (Lipinski definition) is 5. The van der Waals surface area contributed by atoms with Gasteiger partial charge in [-0.05, 0) is 40.0 Å². The van der Waals surface area contributed by atoms with E-state index in [4.69, 9.17) is 0 Å². The van der Waals surface area contributed by atoms with Gasteiger partial charge in [0, 0.05) is 17.8 Å². The fourth-order valence-corrected chi connectivity index (χ4v) is 3.36. The SMILES string of the molecule is CC(C)NC(C)(C#N)CCSc1n[nH]c(=O)n1C1CC1. The lowest BCUT2D eigenvalue weighted by atomic mass is 10.0. The highest BCUT2D eigenvalue weighted by atomic mass is 32.2. The number of nitrogens with zero attached hydrogens (tertiary/aromatic N) is 3. The van der Waals surface area contributed by atoms with Crippen LogP contribution in [-0.2, 0) is 0 Å². The van der Waals surface area contributed by atoms with Gasteiger partial charge < -0.3 is 0 Å². The Balaban J connectivity index is 1.93. The Labute approximate surface area is 122 Å². The second kappa shape index (κ2) is 6.02. The zero-order valence-corrected chi connectivity index (χ0v) is 13.0. The molecule has 0 amide bonds. The van der Waals surface area contributed by atoms with E-state index in [2.05, 4.69) is 21.6 Å². The molecule has 0 spiro atoms. The third-order valence-electron chi connectivity index (χ3n) is 3.27. The number of H-pyrrole nitrogens is 1. The Hall–Kier alpha value is -1.26. The van der Waals surface area contributed by atoms with Crippen LogP contribution in [-0.4, -0.2) is 32.1 Å². The van der Waals surface area contributed by atoms with E-state index in [-0.39, 0.29) is 11.7 Å². The van der Waals surface area contributed by atoms with E-state index in [0.29, 0.717) is 12.5 Å². The molecule has 1 atom stereocenters. The van der Waals surface area contributed by atoms with Crippen LogP contribution in [0.5, 0.6) is 0 Å². The predicted molar refractivity (Wildman–Crippen MR) is 78.7 cm³/mol. The summed E-state index contributed by atoms with van der Waals surface area (Å²) in [5, 5.41) is 19.9. The Morgan fingerprint density at radius 1 is 1.65 bits per heavy atom. The molecule has 1 aliphatic carbocycles. The molecule has 0 saturated heterocycles. The lowest BCUT2D eigenvalue weighted by Crippen LogP contribution is -2.45. The van der Waals surface area contributed by atoms with E-state index in [1.165, 1.54) is 11.8 Å². The van der Waals surface area contributed by atoms with Gasteiger partial charge in [-0.3, -0.25) is 9.88 Å². The average molecular weight is 295 g/mol. The summed E-state index contributed by atoms with van der Waals surface area (Å²) < 4.78 is 1.74. The van der Waals surface area contributed by atoms with Crippen LogP contribution in [0.3, 0.4) is 0 Å². The van der Waals surface area contributed by atoms with Crippen LogP contribution in [0.4, 0.5) is 0 Å². The van der Waals surface area contributed by atoms with Crippen LogP contribution >= 0.6 is 11.8 Å². The maximum Gasteiger partial charge on any atom is 0.344 e. The molecule has 2 N–H and O–H groups in total. The molecule has 1 unspecified atom stereocenters. The van der Waals surface area contributed by atoms with Crippen molar-refractivity contribution in [3.63, 3.8) is 0 Å². The molecule has 1 heterocycles. The molecule has 0 radical (unpaired) electrons. The third-order valence-corrected chi connectivity index (χ3v) is 4.23. The molecule has 1 fully saturated rings. The first-order valence-electron chi connectivity index (χ1n) is 6.94. The molecule has 1 aliphatic rings. The lowest BCUT2D eigenvalue weighted by Gasteiger charge is -2.25. The van der Waals surface area contributed by atoms with Crippen molar-refractivity contribution in [2.75, 3.05) is 5.75 Å². The van der Waals surface area contributed by atoms with Gasteiger partial charge in [0.15, 0.2) is 5.16 Å². The normalized spacial score (nSPS) is 17.9. The highest BCUT2D eigenvalue weighted by Crippen LogP contribution is 2.36. The Morgan fingerprint density at radius 3 is 2.90 bits per heavy atom. The minimum atomic E-state index is -0.540. The molecule has 1 aromatic heterocycles. The molecule has 7 heteroatoms. The van der Waals surface area contributed by atoms with E-state index in [9.17, 15) is 10.1 Å². The summed E-state index contributed by atoms with van der Waals surface area (Å²) in [5.41, 5.74) is -0.666. The Morgan fingerprint density at radius 2 is 2.35 bits per heavy atom. The smallest absolute Gasteiger partial charge is 0.297 e. The van der Waals surface area contributed by atoms with E-state index in [1.54, 1.807) is 4.57 Å². The molecule has 0 bridgehead atoms. The monoisotopic (exact) mass is 295 g/mol. The molecule has 0 aliphatic heterocycles. The van der Waals surface area contributed by atoms with Crippen molar-refractivity contribution in [3.8, 4) is 6.07 Å². The summed E-state index contributed by atoms with van der Waals surface area (Å²) in [6.07, 6.45) is 2.81. The van der Waals surface area contributed by atoms with Crippen LogP contribution in [0.25, 0.3) is 0 Å². The van der Waals surface area contributed by atoms with Crippen LogP contribution in [0.15, 0.2) is 9.95 Å². The van der Waals surface area contributed by atoms with Crippen molar-refractivity contribution in [1.82, 2.24) is 20.1 Å². The number of aromatic amines is 1. The maximum absolute atomic E-state index is 11.7. The zero-order valence-electron chi connectivity index (χ0n) is 12.1. The lowest BCUT2D eigenvalue weighted by molar-refractivity contribution is 0.397. The summed E-state index contributed by atoms with van der Waals surface area (Å²) in [4.78, 5) is 11.7. The summed E-state index contributed by atoms with van der Waals surface area (Å²) >= 11 is 1.54. The molecule has 6 nitrogen and oxygen atoms in total. The van der Waals surface area contributed by atoms with Gasteiger partial charge in [0.05, 0.1) is 6.07 Å².